The Kier molecular flexibility index (Phi) is 9.19. The number of nitro groups is 1. The number of non-ortho nitro benzene ring substituents is 1. The Morgan fingerprint density at radius 1 is 0.914 bits per heavy atom. The zero-order chi connectivity index (χ0) is 25.4. The molecule has 0 aromatic heterocycles. The van der Waals surface area contributed by atoms with E-state index in [9.17, 15) is 14.9 Å². The van der Waals surface area contributed by atoms with Gasteiger partial charge in [0.2, 0.25) is 0 Å². The number of hydrogen-bond acceptors (Lipinski definition) is 5. The van der Waals surface area contributed by atoms with Gasteiger partial charge in [0, 0.05) is 24.5 Å². The Bertz CT molecular complexity index is 1080. The predicted molar refractivity (Wildman–Crippen MR) is 141 cm³/mol. The highest BCUT2D eigenvalue weighted by atomic mass is 16.7. The second kappa shape index (κ2) is 12.1. The fourth-order valence-corrected chi connectivity index (χ4v) is 5.30. The molecule has 0 amide bonds. The van der Waals surface area contributed by atoms with Crippen molar-refractivity contribution in [2.45, 2.75) is 97.3 Å². The van der Waals surface area contributed by atoms with E-state index in [1.54, 1.807) is 12.1 Å². The van der Waals surface area contributed by atoms with Crippen molar-refractivity contribution in [2.75, 3.05) is 0 Å². The molecule has 2 aromatic carbocycles. The van der Waals surface area contributed by atoms with Crippen molar-refractivity contribution < 1.29 is 14.6 Å². The second-order valence-electron chi connectivity index (χ2n) is 9.61. The van der Waals surface area contributed by atoms with E-state index in [1.165, 1.54) is 12.5 Å². The lowest BCUT2D eigenvalue weighted by atomic mass is 9.70. The van der Waals surface area contributed by atoms with Gasteiger partial charge in [-0.1, -0.05) is 76.6 Å². The molecule has 0 fully saturated rings. The van der Waals surface area contributed by atoms with E-state index >= 15 is 0 Å². The van der Waals surface area contributed by atoms with E-state index in [-0.39, 0.29) is 16.0 Å². The molecule has 0 saturated heterocycles. The third kappa shape index (κ3) is 5.80. The molecule has 2 aromatic rings. The van der Waals surface area contributed by atoms with Crippen LogP contribution >= 0.6 is 0 Å². The van der Waals surface area contributed by atoms with Crippen molar-refractivity contribution in [1.82, 2.24) is 0 Å². The van der Waals surface area contributed by atoms with Gasteiger partial charge in [-0.3, -0.25) is 10.1 Å². The summed E-state index contributed by atoms with van der Waals surface area (Å²) in [6.07, 6.45) is 9.97. The van der Waals surface area contributed by atoms with Gasteiger partial charge in [-0.25, -0.2) is 4.79 Å². The fraction of sp³-hybridized carbons (Fsp3) is 0.517. The minimum Gasteiger partial charge on any atom is -0.318 e. The molecule has 0 N–H and O–H groups in total. The molecule has 35 heavy (non-hydrogen) atoms. The van der Waals surface area contributed by atoms with Gasteiger partial charge in [0.05, 0.1) is 10.6 Å². The highest BCUT2D eigenvalue weighted by Crippen LogP contribution is 2.55. The van der Waals surface area contributed by atoms with Gasteiger partial charge in [0.1, 0.15) is 0 Å². The zero-order valence-corrected chi connectivity index (χ0v) is 21.6. The highest BCUT2D eigenvalue weighted by molar-refractivity contribution is 6.01. The number of nitro benzene ring substituents is 1. The van der Waals surface area contributed by atoms with Gasteiger partial charge in [0.15, 0.2) is 0 Å². The van der Waals surface area contributed by atoms with Crippen LogP contribution in [0.1, 0.15) is 109 Å². The fourth-order valence-electron chi connectivity index (χ4n) is 5.30. The summed E-state index contributed by atoms with van der Waals surface area (Å²) in [6, 6.07) is 11.7. The molecule has 3 rings (SSSR count). The first-order chi connectivity index (χ1) is 16.9. The number of oxime groups is 1. The number of carbonyl (C=O) groups excluding carboxylic acids is 1. The lowest BCUT2D eigenvalue weighted by molar-refractivity contribution is -0.384. The van der Waals surface area contributed by atoms with Crippen molar-refractivity contribution in [3.05, 3.63) is 63.2 Å². The van der Waals surface area contributed by atoms with E-state index in [4.69, 9.17) is 4.84 Å². The summed E-state index contributed by atoms with van der Waals surface area (Å²) < 4.78 is 0. The average molecular weight is 479 g/mol. The molecule has 1 aliphatic rings. The molecule has 1 aliphatic carbocycles. The van der Waals surface area contributed by atoms with Crippen LogP contribution in [-0.4, -0.2) is 16.6 Å². The maximum absolute atomic E-state index is 11.7. The lowest BCUT2D eigenvalue weighted by Gasteiger charge is -2.32. The normalized spacial score (nSPS) is 13.9. The van der Waals surface area contributed by atoms with Crippen molar-refractivity contribution >= 4 is 17.4 Å². The van der Waals surface area contributed by atoms with E-state index in [2.05, 4.69) is 38.1 Å². The summed E-state index contributed by atoms with van der Waals surface area (Å²) in [7, 11) is 0. The van der Waals surface area contributed by atoms with Gasteiger partial charge in [-0.2, -0.15) is 0 Å². The SMILES string of the molecule is CCCCC/C(=N\OC(C)=O)c1ccc2c(c1)C(CCCC)(CCCC)c1cc([N+](=O)[O-])ccc1-2. The monoisotopic (exact) mass is 478 g/mol. The zero-order valence-electron chi connectivity index (χ0n) is 21.6. The number of fused-ring (bicyclic) bond motifs is 3. The predicted octanol–water partition coefficient (Wildman–Crippen LogP) is 8.09. The average Bonchev–Trinajstić information content (AvgIpc) is 3.12. The molecule has 0 saturated carbocycles. The van der Waals surface area contributed by atoms with Crippen LogP contribution in [0.15, 0.2) is 41.6 Å². The smallest absolute Gasteiger partial charge is 0.318 e. The van der Waals surface area contributed by atoms with Crippen LogP contribution in [0.25, 0.3) is 11.1 Å². The van der Waals surface area contributed by atoms with Crippen LogP contribution in [0, 0.1) is 10.1 Å². The van der Waals surface area contributed by atoms with Gasteiger partial charge in [-0.15, -0.1) is 0 Å². The number of unbranched alkanes of at least 4 members (excludes halogenated alkanes) is 4. The third-order valence-electron chi connectivity index (χ3n) is 7.10. The molecule has 0 aliphatic heterocycles. The Morgan fingerprint density at radius 2 is 1.51 bits per heavy atom. The van der Waals surface area contributed by atoms with Crippen molar-refractivity contribution in [3.63, 3.8) is 0 Å². The maximum atomic E-state index is 11.7. The van der Waals surface area contributed by atoms with E-state index in [0.717, 1.165) is 92.2 Å². The molecule has 6 nitrogen and oxygen atoms in total. The van der Waals surface area contributed by atoms with E-state index < -0.39 is 5.97 Å². The molecule has 0 unspecified atom stereocenters. The van der Waals surface area contributed by atoms with Crippen molar-refractivity contribution in [3.8, 4) is 11.1 Å². The summed E-state index contributed by atoms with van der Waals surface area (Å²) in [6.45, 7) is 7.89. The lowest BCUT2D eigenvalue weighted by Crippen LogP contribution is -2.26. The molecular weight excluding hydrogens is 440 g/mol. The summed E-state index contributed by atoms with van der Waals surface area (Å²) in [5.41, 5.74) is 6.14. The Morgan fingerprint density at radius 3 is 2.09 bits per heavy atom. The summed E-state index contributed by atoms with van der Waals surface area (Å²) in [5, 5.41) is 15.9. The second-order valence-corrected chi connectivity index (χ2v) is 9.61. The van der Waals surface area contributed by atoms with Crippen molar-refractivity contribution in [1.29, 1.82) is 0 Å². The molecule has 0 spiro atoms. The highest BCUT2D eigenvalue weighted by Gasteiger charge is 2.43. The minimum absolute atomic E-state index is 0.144. The van der Waals surface area contributed by atoms with E-state index in [1.807, 2.05) is 12.1 Å². The Labute approximate surface area is 208 Å². The Balaban J connectivity index is 2.18. The summed E-state index contributed by atoms with van der Waals surface area (Å²) in [5.74, 6) is -0.431. The first-order valence-electron chi connectivity index (χ1n) is 13.1. The number of nitrogens with zero attached hydrogens (tertiary/aromatic N) is 2. The maximum Gasteiger partial charge on any atom is 0.331 e. The number of carbonyl (C=O) groups is 1. The van der Waals surface area contributed by atoms with Crippen molar-refractivity contribution in [2.24, 2.45) is 5.16 Å². The Hall–Kier alpha value is -3.02. The standard InChI is InChI=1S/C29H38N2O4/c1-5-8-11-12-28(30-35-21(4)32)22-13-15-24-25-16-14-23(31(33)34)20-27(25)29(17-9-6-2,18-10-7-3)26(24)19-22/h13-16,19-20H,5-12,17-18H2,1-4H3/b30-28+. The molecule has 0 atom stereocenters. The molecule has 0 radical (unpaired) electrons. The van der Waals surface area contributed by atoms with E-state index in [0.29, 0.717) is 0 Å². The first-order valence-corrected chi connectivity index (χ1v) is 13.1. The molecule has 6 heteroatoms. The van der Waals surface area contributed by atoms with Crippen LogP contribution < -0.4 is 0 Å². The van der Waals surface area contributed by atoms with Crippen LogP contribution in [-0.2, 0) is 15.0 Å². The summed E-state index contributed by atoms with van der Waals surface area (Å²) >= 11 is 0. The van der Waals surface area contributed by atoms with Gasteiger partial charge >= 0.3 is 5.97 Å². The first kappa shape index (κ1) is 26.6. The molecule has 0 heterocycles. The summed E-state index contributed by atoms with van der Waals surface area (Å²) in [4.78, 5) is 27.9. The van der Waals surface area contributed by atoms with Gasteiger partial charge in [0.25, 0.3) is 5.69 Å². The van der Waals surface area contributed by atoms with Crippen LogP contribution in [0.2, 0.25) is 0 Å². The topological polar surface area (TPSA) is 81.8 Å². The molecular formula is C29H38N2O4. The largest absolute Gasteiger partial charge is 0.331 e. The van der Waals surface area contributed by atoms with Crippen LogP contribution in [0.5, 0.6) is 0 Å². The van der Waals surface area contributed by atoms with Gasteiger partial charge in [-0.05, 0) is 65.6 Å². The molecule has 0 bridgehead atoms. The number of benzene rings is 2. The number of rotatable bonds is 13. The quantitative estimate of drug-likeness (QED) is 0.0957. The molecule has 188 valence electrons. The van der Waals surface area contributed by atoms with Crippen LogP contribution in [0.3, 0.4) is 0 Å². The number of hydrogen-bond donors (Lipinski definition) is 0. The third-order valence-corrected chi connectivity index (χ3v) is 7.10. The van der Waals surface area contributed by atoms with Gasteiger partial charge < -0.3 is 4.84 Å². The minimum atomic E-state index is -0.431. The van der Waals surface area contributed by atoms with Crippen LogP contribution in [0.4, 0.5) is 5.69 Å².